The van der Waals surface area contributed by atoms with Crippen molar-refractivity contribution in [2.75, 3.05) is 32.7 Å². The van der Waals surface area contributed by atoms with Crippen LogP contribution in [0.4, 0.5) is 0 Å². The summed E-state index contributed by atoms with van der Waals surface area (Å²) in [7, 11) is 0. The van der Waals surface area contributed by atoms with E-state index in [4.69, 9.17) is 0 Å². The van der Waals surface area contributed by atoms with E-state index in [0.717, 1.165) is 25.9 Å². The first-order valence-corrected chi connectivity index (χ1v) is 15.6. The van der Waals surface area contributed by atoms with Crippen LogP contribution >= 0.6 is 0 Å². The van der Waals surface area contributed by atoms with Crippen molar-refractivity contribution in [3.05, 3.63) is 0 Å². The molecule has 4 heteroatoms. The van der Waals surface area contributed by atoms with Crippen molar-refractivity contribution < 1.29 is 9.59 Å². The maximum Gasteiger partial charge on any atom is 0.222 e. The van der Waals surface area contributed by atoms with Crippen LogP contribution in [-0.4, -0.2) is 54.2 Å². The highest BCUT2D eigenvalue weighted by Gasteiger charge is 2.25. The van der Waals surface area contributed by atoms with Crippen LogP contribution in [0.5, 0.6) is 0 Å². The first-order chi connectivity index (χ1) is 17.1. The summed E-state index contributed by atoms with van der Waals surface area (Å²) >= 11 is 0. The summed E-state index contributed by atoms with van der Waals surface area (Å²) in [4.78, 5) is 27.9. The number of likely N-dealkylation sites (tertiary alicyclic amines) is 1. The Morgan fingerprint density at radius 2 is 1.23 bits per heavy atom. The molecule has 1 rings (SSSR count). The summed E-state index contributed by atoms with van der Waals surface area (Å²) in [5.41, 5.74) is 0. The second kappa shape index (κ2) is 22.3. The summed E-state index contributed by atoms with van der Waals surface area (Å²) in [6.07, 6.45) is 25.3. The van der Waals surface area contributed by atoms with Gasteiger partial charge in [0.25, 0.3) is 0 Å². The van der Waals surface area contributed by atoms with Crippen LogP contribution in [0.25, 0.3) is 0 Å². The van der Waals surface area contributed by atoms with Crippen molar-refractivity contribution in [2.45, 2.75) is 149 Å². The van der Waals surface area contributed by atoms with Gasteiger partial charge in [-0.1, -0.05) is 97.3 Å². The minimum Gasteiger partial charge on any atom is -0.342 e. The molecule has 4 nitrogen and oxygen atoms in total. The van der Waals surface area contributed by atoms with Gasteiger partial charge in [0.1, 0.15) is 5.78 Å². The first kappa shape index (κ1) is 32.1. The predicted octanol–water partition coefficient (Wildman–Crippen LogP) is 8.18. The van der Waals surface area contributed by atoms with E-state index in [-0.39, 0.29) is 0 Å². The molecule has 1 aliphatic heterocycles. The predicted molar refractivity (Wildman–Crippen MR) is 151 cm³/mol. The SMILES string of the molecule is CCCCCCCCCCCCCN(CCCCCCCC(C)=O)CCC1CCN(C(=O)CC)C1. The van der Waals surface area contributed by atoms with Gasteiger partial charge in [-0.2, -0.15) is 0 Å². The van der Waals surface area contributed by atoms with Crippen molar-refractivity contribution in [3.63, 3.8) is 0 Å². The van der Waals surface area contributed by atoms with Crippen LogP contribution in [0.2, 0.25) is 0 Å². The summed E-state index contributed by atoms with van der Waals surface area (Å²) in [5, 5.41) is 0. The van der Waals surface area contributed by atoms with Gasteiger partial charge in [0.15, 0.2) is 0 Å². The van der Waals surface area contributed by atoms with Crippen LogP contribution in [0.3, 0.4) is 0 Å². The van der Waals surface area contributed by atoms with Crippen molar-refractivity contribution in [2.24, 2.45) is 5.92 Å². The molecule has 35 heavy (non-hydrogen) atoms. The summed E-state index contributed by atoms with van der Waals surface area (Å²) in [5.74, 6) is 1.35. The Morgan fingerprint density at radius 1 is 0.714 bits per heavy atom. The lowest BCUT2D eigenvalue weighted by molar-refractivity contribution is -0.129. The lowest BCUT2D eigenvalue weighted by atomic mass is 10.0. The van der Waals surface area contributed by atoms with Gasteiger partial charge in [-0.15, -0.1) is 0 Å². The average molecular weight is 493 g/mol. The van der Waals surface area contributed by atoms with Crippen LogP contribution in [-0.2, 0) is 9.59 Å². The molecule has 206 valence electrons. The van der Waals surface area contributed by atoms with Crippen LogP contribution in [0.1, 0.15) is 149 Å². The second-order valence-corrected chi connectivity index (χ2v) is 11.2. The third-order valence-corrected chi connectivity index (χ3v) is 7.88. The molecule has 0 spiro atoms. The summed E-state index contributed by atoms with van der Waals surface area (Å²) in [6.45, 7) is 11.6. The molecule has 1 saturated heterocycles. The van der Waals surface area contributed by atoms with Gasteiger partial charge < -0.3 is 14.6 Å². The van der Waals surface area contributed by atoms with Gasteiger partial charge >= 0.3 is 0 Å². The molecular formula is C31H60N2O2. The van der Waals surface area contributed by atoms with E-state index in [0.29, 0.717) is 24.0 Å². The zero-order valence-corrected chi connectivity index (χ0v) is 24.0. The van der Waals surface area contributed by atoms with E-state index < -0.39 is 0 Å². The van der Waals surface area contributed by atoms with E-state index >= 15 is 0 Å². The van der Waals surface area contributed by atoms with Crippen molar-refractivity contribution in [1.29, 1.82) is 0 Å². The summed E-state index contributed by atoms with van der Waals surface area (Å²) in [6, 6.07) is 0. The Hall–Kier alpha value is -0.900. The molecule has 0 saturated carbocycles. The van der Waals surface area contributed by atoms with E-state index in [2.05, 4.69) is 16.7 Å². The molecule has 0 aromatic rings. The number of carbonyl (C=O) groups is 2. The second-order valence-electron chi connectivity index (χ2n) is 11.2. The fraction of sp³-hybridized carbons (Fsp3) is 0.935. The number of nitrogens with zero attached hydrogens (tertiary/aromatic N) is 2. The largest absolute Gasteiger partial charge is 0.342 e. The number of rotatable bonds is 24. The Kier molecular flexibility index (Phi) is 20.5. The third-order valence-electron chi connectivity index (χ3n) is 7.88. The first-order valence-electron chi connectivity index (χ1n) is 15.6. The Labute approximate surface area is 219 Å². The van der Waals surface area contributed by atoms with Gasteiger partial charge in [0, 0.05) is 25.9 Å². The fourth-order valence-electron chi connectivity index (χ4n) is 5.46. The molecule has 0 radical (unpaired) electrons. The molecule has 0 N–H and O–H groups in total. The number of hydrogen-bond acceptors (Lipinski definition) is 3. The zero-order chi connectivity index (χ0) is 25.6. The van der Waals surface area contributed by atoms with Crippen molar-refractivity contribution in [1.82, 2.24) is 9.80 Å². The van der Waals surface area contributed by atoms with Crippen LogP contribution in [0, 0.1) is 5.92 Å². The molecule has 1 amide bonds. The standard InChI is InChI=1S/C31H60N2O2/c1-4-6-7-8-9-10-11-12-13-16-19-24-32(25-20-17-14-15-18-21-29(3)34)26-22-30-23-27-33(28-30)31(35)5-2/h30H,4-28H2,1-3H3. The number of amides is 1. The highest BCUT2D eigenvalue weighted by Crippen LogP contribution is 2.21. The van der Waals surface area contributed by atoms with Crippen LogP contribution < -0.4 is 0 Å². The molecule has 1 fully saturated rings. The lowest BCUT2D eigenvalue weighted by Gasteiger charge is -2.24. The van der Waals surface area contributed by atoms with Gasteiger partial charge in [0.05, 0.1) is 0 Å². The quantitative estimate of drug-likeness (QED) is 0.128. The molecule has 0 aromatic heterocycles. The maximum absolute atomic E-state index is 12.0. The minimum atomic E-state index is 0.328. The van der Waals surface area contributed by atoms with Crippen LogP contribution in [0.15, 0.2) is 0 Å². The zero-order valence-electron chi connectivity index (χ0n) is 24.0. The van der Waals surface area contributed by atoms with Crippen molar-refractivity contribution in [3.8, 4) is 0 Å². The highest BCUT2D eigenvalue weighted by atomic mass is 16.2. The number of Topliss-reactive ketones (excluding diaryl/α,β-unsaturated/α-hetero) is 1. The third kappa shape index (κ3) is 18.1. The smallest absolute Gasteiger partial charge is 0.222 e. The Balaban J connectivity index is 2.21. The molecule has 0 aromatic carbocycles. The minimum absolute atomic E-state index is 0.328. The van der Waals surface area contributed by atoms with E-state index in [1.54, 1.807) is 6.92 Å². The van der Waals surface area contributed by atoms with E-state index in [1.165, 1.54) is 129 Å². The topological polar surface area (TPSA) is 40.6 Å². The van der Waals surface area contributed by atoms with Gasteiger partial charge in [-0.25, -0.2) is 0 Å². The van der Waals surface area contributed by atoms with E-state index in [1.807, 2.05) is 6.92 Å². The molecule has 1 aliphatic rings. The fourth-order valence-corrected chi connectivity index (χ4v) is 5.46. The number of hydrogen-bond donors (Lipinski definition) is 0. The van der Waals surface area contributed by atoms with Crippen molar-refractivity contribution >= 4 is 11.7 Å². The lowest BCUT2D eigenvalue weighted by Crippen LogP contribution is -2.30. The van der Waals surface area contributed by atoms with Gasteiger partial charge in [0.2, 0.25) is 5.91 Å². The number of unbranched alkanes of at least 4 members (excludes halogenated alkanes) is 14. The summed E-state index contributed by atoms with van der Waals surface area (Å²) < 4.78 is 0. The molecule has 1 unspecified atom stereocenters. The molecular weight excluding hydrogens is 432 g/mol. The molecule has 1 atom stereocenters. The monoisotopic (exact) mass is 492 g/mol. The van der Waals surface area contributed by atoms with E-state index in [9.17, 15) is 9.59 Å². The maximum atomic E-state index is 12.0. The number of carbonyl (C=O) groups excluding carboxylic acids is 2. The normalized spacial score (nSPS) is 15.9. The van der Waals surface area contributed by atoms with Gasteiger partial charge in [-0.05, 0) is 64.6 Å². The Morgan fingerprint density at radius 3 is 1.74 bits per heavy atom. The molecule has 1 heterocycles. The molecule has 0 bridgehead atoms. The average Bonchev–Trinajstić information content (AvgIpc) is 3.33. The Bertz CT molecular complexity index is 522. The number of ketones is 1. The highest BCUT2D eigenvalue weighted by molar-refractivity contribution is 5.76. The molecule has 0 aliphatic carbocycles. The van der Waals surface area contributed by atoms with Gasteiger partial charge in [-0.3, -0.25) is 4.79 Å².